The summed E-state index contributed by atoms with van der Waals surface area (Å²) in [6, 6.07) is 5.44. The average molecular weight is 317 g/mol. The Kier molecular flexibility index (Phi) is 3.35. The Bertz CT molecular complexity index is 998. The quantitative estimate of drug-likeness (QED) is 0.696. The van der Waals surface area contributed by atoms with Crippen molar-refractivity contribution in [3.05, 3.63) is 59.0 Å². The molecule has 1 aromatic carbocycles. The molecule has 1 unspecified atom stereocenters. The van der Waals surface area contributed by atoms with Gasteiger partial charge in [0.15, 0.2) is 17.1 Å². The van der Waals surface area contributed by atoms with Crippen molar-refractivity contribution >= 4 is 22.5 Å². The molecule has 1 aliphatic carbocycles. The minimum atomic E-state index is -0.438. The van der Waals surface area contributed by atoms with Crippen LogP contribution in [-0.2, 0) is 17.8 Å². The highest BCUT2D eigenvalue weighted by molar-refractivity contribution is 5.98. The summed E-state index contributed by atoms with van der Waals surface area (Å²) in [5.74, 6) is -0.332. The molecule has 0 N–H and O–H groups in total. The summed E-state index contributed by atoms with van der Waals surface area (Å²) < 4.78 is 1.84. The van der Waals surface area contributed by atoms with Gasteiger partial charge in [-0.25, -0.2) is 19.5 Å². The fraction of sp³-hybridized carbons (Fsp3) is 0.278. The highest BCUT2D eigenvalue weighted by atomic mass is 16.1. The van der Waals surface area contributed by atoms with Gasteiger partial charge in [0.05, 0.1) is 29.8 Å². The van der Waals surface area contributed by atoms with Crippen molar-refractivity contribution in [3.63, 3.8) is 0 Å². The Labute approximate surface area is 139 Å². The topological polar surface area (TPSA) is 65.0 Å². The summed E-state index contributed by atoms with van der Waals surface area (Å²) in [6.07, 6.45) is 4.57. The molecule has 0 radical (unpaired) electrons. The standard InChI is InChI=1S/C18H15N5O/c1-3-6-23-18-14(9-22-23)17(20-10-21-18)16-13-8-12(19-2)5-4-11(13)7-15(16)24/h4-5,8-10,16H,3,6-7H2,1H3. The molecular weight excluding hydrogens is 302 g/mol. The van der Waals surface area contributed by atoms with E-state index in [4.69, 9.17) is 6.57 Å². The van der Waals surface area contributed by atoms with Gasteiger partial charge in [0, 0.05) is 13.0 Å². The van der Waals surface area contributed by atoms with Crippen LogP contribution < -0.4 is 0 Å². The van der Waals surface area contributed by atoms with E-state index in [-0.39, 0.29) is 5.78 Å². The molecule has 3 aromatic rings. The first kappa shape index (κ1) is 14.5. The van der Waals surface area contributed by atoms with Crippen molar-refractivity contribution in [1.29, 1.82) is 0 Å². The normalized spacial score (nSPS) is 16.3. The zero-order chi connectivity index (χ0) is 16.7. The van der Waals surface area contributed by atoms with Crippen LogP contribution in [0.25, 0.3) is 15.9 Å². The van der Waals surface area contributed by atoms with Crippen LogP contribution in [-0.4, -0.2) is 25.5 Å². The van der Waals surface area contributed by atoms with Gasteiger partial charge in [-0.15, -0.1) is 0 Å². The fourth-order valence-corrected chi connectivity index (χ4v) is 3.36. The predicted octanol–water partition coefficient (Wildman–Crippen LogP) is 3.04. The number of aromatic nitrogens is 4. The van der Waals surface area contributed by atoms with Crippen molar-refractivity contribution in [1.82, 2.24) is 19.7 Å². The van der Waals surface area contributed by atoms with Gasteiger partial charge in [-0.3, -0.25) is 4.79 Å². The van der Waals surface area contributed by atoms with Crippen molar-refractivity contribution in [2.45, 2.75) is 32.2 Å². The molecule has 0 saturated heterocycles. The number of Topliss-reactive ketones (excluding diaryl/α,β-unsaturated/α-hetero) is 1. The smallest absolute Gasteiger partial charge is 0.187 e. The average Bonchev–Trinajstić information content (AvgIpc) is 3.15. The molecule has 1 atom stereocenters. The van der Waals surface area contributed by atoms with Crippen molar-refractivity contribution in [2.24, 2.45) is 0 Å². The van der Waals surface area contributed by atoms with Crippen LogP contribution in [0.1, 0.15) is 36.1 Å². The van der Waals surface area contributed by atoms with Crippen LogP contribution in [0.15, 0.2) is 30.7 Å². The van der Waals surface area contributed by atoms with Crippen molar-refractivity contribution < 1.29 is 4.79 Å². The maximum atomic E-state index is 12.6. The SMILES string of the molecule is [C-]#[N+]c1ccc2c(c1)C(c1ncnc3c1cnn3CCC)C(=O)C2. The maximum Gasteiger partial charge on any atom is 0.187 e. The minimum absolute atomic E-state index is 0.107. The number of aryl methyl sites for hydroxylation is 1. The first-order valence-electron chi connectivity index (χ1n) is 7.92. The molecule has 0 fully saturated rings. The lowest BCUT2D eigenvalue weighted by molar-refractivity contribution is -0.118. The van der Waals surface area contributed by atoms with E-state index in [1.807, 2.05) is 16.8 Å². The molecule has 0 spiro atoms. The molecule has 0 saturated carbocycles. The van der Waals surface area contributed by atoms with Crippen LogP contribution in [0.4, 0.5) is 5.69 Å². The molecule has 0 bridgehead atoms. The van der Waals surface area contributed by atoms with E-state index in [0.717, 1.165) is 35.1 Å². The van der Waals surface area contributed by atoms with Crippen LogP contribution in [0.2, 0.25) is 0 Å². The van der Waals surface area contributed by atoms with Crippen LogP contribution in [0, 0.1) is 6.57 Å². The second kappa shape index (κ2) is 5.53. The van der Waals surface area contributed by atoms with Crippen LogP contribution in [0.3, 0.4) is 0 Å². The summed E-state index contributed by atoms with van der Waals surface area (Å²) in [5.41, 5.74) is 3.85. The number of fused-ring (bicyclic) bond motifs is 2. The third kappa shape index (κ3) is 2.09. The Morgan fingerprint density at radius 3 is 3.04 bits per heavy atom. The molecule has 24 heavy (non-hydrogen) atoms. The number of hydrogen-bond donors (Lipinski definition) is 0. The molecule has 1 aliphatic rings. The lowest BCUT2D eigenvalue weighted by Crippen LogP contribution is -2.11. The van der Waals surface area contributed by atoms with E-state index in [9.17, 15) is 4.79 Å². The van der Waals surface area contributed by atoms with Gasteiger partial charge < -0.3 is 0 Å². The Balaban J connectivity index is 1.90. The first-order chi connectivity index (χ1) is 11.7. The number of benzene rings is 1. The zero-order valence-corrected chi connectivity index (χ0v) is 13.2. The number of rotatable bonds is 3. The Morgan fingerprint density at radius 1 is 1.38 bits per heavy atom. The van der Waals surface area contributed by atoms with Gasteiger partial charge in [-0.2, -0.15) is 5.10 Å². The summed E-state index contributed by atoms with van der Waals surface area (Å²) in [6.45, 7) is 10.1. The number of nitrogens with zero attached hydrogens (tertiary/aromatic N) is 5. The summed E-state index contributed by atoms with van der Waals surface area (Å²) in [4.78, 5) is 24.9. The number of carbonyl (C=O) groups is 1. The molecular formula is C18H15N5O. The zero-order valence-electron chi connectivity index (χ0n) is 13.2. The van der Waals surface area contributed by atoms with Crippen LogP contribution in [0.5, 0.6) is 0 Å². The maximum absolute atomic E-state index is 12.6. The van der Waals surface area contributed by atoms with E-state index in [0.29, 0.717) is 17.8 Å². The molecule has 4 rings (SSSR count). The van der Waals surface area contributed by atoms with E-state index in [2.05, 4.69) is 26.8 Å². The molecule has 6 heteroatoms. The van der Waals surface area contributed by atoms with Gasteiger partial charge >= 0.3 is 0 Å². The van der Waals surface area contributed by atoms with E-state index >= 15 is 0 Å². The van der Waals surface area contributed by atoms with Gasteiger partial charge in [0.1, 0.15) is 6.33 Å². The Hall–Kier alpha value is -3.07. The number of carbonyl (C=O) groups excluding carboxylic acids is 1. The van der Waals surface area contributed by atoms with Gasteiger partial charge in [0.2, 0.25) is 0 Å². The number of ketones is 1. The number of hydrogen-bond acceptors (Lipinski definition) is 4. The largest absolute Gasteiger partial charge is 0.298 e. The van der Waals surface area contributed by atoms with Crippen LogP contribution >= 0.6 is 0 Å². The first-order valence-corrected chi connectivity index (χ1v) is 7.92. The molecule has 6 nitrogen and oxygen atoms in total. The minimum Gasteiger partial charge on any atom is -0.298 e. The van der Waals surface area contributed by atoms with Gasteiger partial charge in [0.25, 0.3) is 0 Å². The van der Waals surface area contributed by atoms with E-state index < -0.39 is 5.92 Å². The molecule has 118 valence electrons. The lowest BCUT2D eigenvalue weighted by atomic mass is 9.95. The van der Waals surface area contributed by atoms with Crippen molar-refractivity contribution in [2.75, 3.05) is 0 Å². The Morgan fingerprint density at radius 2 is 2.25 bits per heavy atom. The lowest BCUT2D eigenvalue weighted by Gasteiger charge is -2.11. The molecule has 2 aromatic heterocycles. The summed E-state index contributed by atoms with van der Waals surface area (Å²) in [7, 11) is 0. The molecule has 2 heterocycles. The third-order valence-corrected chi connectivity index (χ3v) is 4.43. The summed E-state index contributed by atoms with van der Waals surface area (Å²) >= 11 is 0. The summed E-state index contributed by atoms with van der Waals surface area (Å²) in [5, 5.41) is 5.20. The van der Waals surface area contributed by atoms with E-state index in [1.54, 1.807) is 12.3 Å². The molecule has 0 amide bonds. The van der Waals surface area contributed by atoms with E-state index in [1.165, 1.54) is 6.33 Å². The molecule has 0 aliphatic heterocycles. The fourth-order valence-electron chi connectivity index (χ4n) is 3.36. The monoisotopic (exact) mass is 317 g/mol. The van der Waals surface area contributed by atoms with Gasteiger partial charge in [-0.05, 0) is 17.5 Å². The second-order valence-electron chi connectivity index (χ2n) is 5.93. The highest BCUT2D eigenvalue weighted by Gasteiger charge is 2.34. The van der Waals surface area contributed by atoms with Gasteiger partial charge in [-0.1, -0.05) is 25.1 Å². The predicted molar refractivity (Wildman–Crippen MR) is 88.9 cm³/mol. The van der Waals surface area contributed by atoms with Crippen molar-refractivity contribution in [3.8, 4) is 0 Å². The second-order valence-corrected chi connectivity index (χ2v) is 5.93. The third-order valence-electron chi connectivity index (χ3n) is 4.43. The highest BCUT2D eigenvalue weighted by Crippen LogP contribution is 2.38.